The molecule has 0 aliphatic heterocycles. The monoisotopic (exact) mass is 182 g/mol. The predicted octanol–water partition coefficient (Wildman–Crippen LogP) is 1.65. The molecule has 1 aromatic rings. The lowest BCUT2D eigenvalue weighted by molar-refractivity contribution is 0.108. The Morgan fingerprint density at radius 1 is 1.58 bits per heavy atom. The average molecular weight is 183 g/mol. The third-order valence-corrected chi connectivity index (χ3v) is 1.69. The summed E-state index contributed by atoms with van der Waals surface area (Å²) in [5.41, 5.74) is 6.82. The minimum absolute atomic E-state index is 0.347. The fraction of sp³-hybridized carbons (Fsp3) is 0. The molecule has 0 bridgehead atoms. The molecule has 0 atom stereocenters. The maximum absolute atomic E-state index is 10.7. The van der Waals surface area contributed by atoms with Gasteiger partial charge in [-0.25, -0.2) is 0 Å². The van der Waals surface area contributed by atoms with Gasteiger partial charge in [0.05, 0.1) is 0 Å². The summed E-state index contributed by atoms with van der Waals surface area (Å²) >= 11 is 5.22. The number of nitrogens with two attached hydrogens (primary N) is 1. The van der Waals surface area contributed by atoms with Crippen molar-refractivity contribution in [2.75, 3.05) is 5.73 Å². The molecule has 3 nitrogen and oxygen atoms in total. The molecular formula is C8H7ClN2O. The fourth-order valence-corrected chi connectivity index (χ4v) is 0.946. The third kappa shape index (κ3) is 1.62. The molecule has 0 saturated carbocycles. The van der Waals surface area contributed by atoms with E-state index in [1.54, 1.807) is 6.07 Å². The topological polar surface area (TPSA) is 66.9 Å². The van der Waals surface area contributed by atoms with Gasteiger partial charge in [-0.3, -0.25) is 4.79 Å². The zero-order valence-corrected chi connectivity index (χ0v) is 6.93. The fourth-order valence-electron chi connectivity index (χ4n) is 0.828. The normalized spacial score (nSPS) is 9.42. The van der Waals surface area contributed by atoms with Gasteiger partial charge in [-0.1, -0.05) is 6.07 Å². The van der Waals surface area contributed by atoms with Crippen LogP contribution in [0.2, 0.25) is 0 Å². The van der Waals surface area contributed by atoms with E-state index < -0.39 is 5.24 Å². The largest absolute Gasteiger partial charge is 0.398 e. The highest BCUT2D eigenvalue weighted by Gasteiger charge is 2.03. The molecule has 1 aromatic carbocycles. The van der Waals surface area contributed by atoms with Crippen molar-refractivity contribution in [2.45, 2.75) is 0 Å². The summed E-state index contributed by atoms with van der Waals surface area (Å²) in [4.78, 5) is 10.7. The molecule has 12 heavy (non-hydrogen) atoms. The van der Waals surface area contributed by atoms with Crippen molar-refractivity contribution in [1.29, 1.82) is 5.41 Å². The highest BCUT2D eigenvalue weighted by atomic mass is 35.5. The number of benzene rings is 1. The summed E-state index contributed by atoms with van der Waals surface area (Å²) in [7, 11) is 0. The van der Waals surface area contributed by atoms with Gasteiger partial charge in [-0.05, 0) is 23.7 Å². The molecule has 0 amide bonds. The van der Waals surface area contributed by atoms with Gasteiger partial charge >= 0.3 is 0 Å². The molecular weight excluding hydrogens is 176 g/mol. The Morgan fingerprint density at radius 3 is 2.67 bits per heavy atom. The van der Waals surface area contributed by atoms with Crippen LogP contribution in [0.4, 0.5) is 5.69 Å². The van der Waals surface area contributed by atoms with Gasteiger partial charge in [0.1, 0.15) is 0 Å². The molecule has 0 spiro atoms. The number of anilines is 1. The van der Waals surface area contributed by atoms with Crippen LogP contribution in [0.25, 0.3) is 0 Å². The summed E-state index contributed by atoms with van der Waals surface area (Å²) in [6, 6.07) is 4.57. The number of carbonyl (C=O) groups is 1. The van der Waals surface area contributed by atoms with E-state index in [9.17, 15) is 4.79 Å². The second-order valence-corrected chi connectivity index (χ2v) is 2.61. The van der Waals surface area contributed by atoms with Crippen LogP contribution >= 0.6 is 11.6 Å². The Hall–Kier alpha value is -1.35. The second kappa shape index (κ2) is 3.36. The number of nitrogens with one attached hydrogen (secondary N) is 1. The minimum Gasteiger partial charge on any atom is -0.398 e. The predicted molar refractivity (Wildman–Crippen MR) is 48.9 cm³/mol. The summed E-state index contributed by atoms with van der Waals surface area (Å²) in [6.45, 7) is 0. The molecule has 0 aliphatic rings. The Morgan fingerprint density at radius 2 is 2.25 bits per heavy atom. The Kier molecular flexibility index (Phi) is 2.45. The molecule has 0 radical (unpaired) electrons. The Labute approximate surface area is 74.7 Å². The van der Waals surface area contributed by atoms with Crippen molar-refractivity contribution < 1.29 is 4.79 Å². The first-order valence-corrected chi connectivity index (χ1v) is 3.63. The van der Waals surface area contributed by atoms with E-state index in [0.29, 0.717) is 16.8 Å². The van der Waals surface area contributed by atoms with Crippen LogP contribution in [-0.4, -0.2) is 11.5 Å². The minimum atomic E-state index is -0.543. The second-order valence-electron chi connectivity index (χ2n) is 2.26. The number of hydrogen-bond donors (Lipinski definition) is 2. The van der Waals surface area contributed by atoms with Crippen molar-refractivity contribution in [3.63, 3.8) is 0 Å². The van der Waals surface area contributed by atoms with Gasteiger partial charge in [-0.15, -0.1) is 0 Å². The molecule has 0 heterocycles. The third-order valence-electron chi connectivity index (χ3n) is 1.47. The number of halogens is 1. The number of rotatable bonds is 2. The van der Waals surface area contributed by atoms with Crippen LogP contribution in [0.5, 0.6) is 0 Å². The quantitative estimate of drug-likeness (QED) is 0.415. The van der Waals surface area contributed by atoms with Gasteiger partial charge in [0.25, 0.3) is 5.24 Å². The zero-order chi connectivity index (χ0) is 9.14. The van der Waals surface area contributed by atoms with Crippen molar-refractivity contribution in [1.82, 2.24) is 0 Å². The van der Waals surface area contributed by atoms with Gasteiger partial charge in [0, 0.05) is 23.0 Å². The molecule has 1 rings (SSSR count). The van der Waals surface area contributed by atoms with Crippen molar-refractivity contribution in [2.24, 2.45) is 0 Å². The molecule has 0 unspecified atom stereocenters. The summed E-state index contributed by atoms with van der Waals surface area (Å²) < 4.78 is 0. The van der Waals surface area contributed by atoms with Crippen LogP contribution in [0.15, 0.2) is 18.2 Å². The highest BCUT2D eigenvalue weighted by molar-refractivity contribution is 6.67. The van der Waals surface area contributed by atoms with Gasteiger partial charge in [-0.2, -0.15) is 0 Å². The molecule has 0 saturated heterocycles. The molecule has 4 heteroatoms. The molecule has 3 N–H and O–H groups in total. The van der Waals surface area contributed by atoms with Crippen LogP contribution in [-0.2, 0) is 0 Å². The summed E-state index contributed by atoms with van der Waals surface area (Å²) in [5, 5.41) is 6.40. The maximum atomic E-state index is 10.7. The van der Waals surface area contributed by atoms with Gasteiger partial charge in [0.15, 0.2) is 0 Å². The number of nitrogen functional groups attached to an aromatic ring is 1. The first kappa shape index (κ1) is 8.74. The zero-order valence-electron chi connectivity index (χ0n) is 6.17. The van der Waals surface area contributed by atoms with Crippen molar-refractivity contribution >= 4 is 28.7 Å². The van der Waals surface area contributed by atoms with Crippen LogP contribution in [0, 0.1) is 5.41 Å². The van der Waals surface area contributed by atoms with Gasteiger partial charge in [0.2, 0.25) is 0 Å². The van der Waals surface area contributed by atoms with E-state index in [4.69, 9.17) is 22.7 Å². The molecule has 62 valence electrons. The Balaban J connectivity index is 3.18. The first-order chi connectivity index (χ1) is 5.65. The number of hydrogen-bond acceptors (Lipinski definition) is 3. The SMILES string of the molecule is N=Cc1ccc(C(=O)Cl)cc1N. The lowest BCUT2D eigenvalue weighted by Gasteiger charge is -1.99. The highest BCUT2D eigenvalue weighted by Crippen LogP contribution is 2.13. The lowest BCUT2D eigenvalue weighted by Crippen LogP contribution is -1.96. The first-order valence-electron chi connectivity index (χ1n) is 3.25. The van der Waals surface area contributed by atoms with Crippen molar-refractivity contribution in [3.8, 4) is 0 Å². The number of carbonyl (C=O) groups excluding carboxylic acids is 1. The average Bonchev–Trinajstić information content (AvgIpc) is 2.04. The van der Waals surface area contributed by atoms with E-state index >= 15 is 0 Å². The lowest BCUT2D eigenvalue weighted by atomic mass is 10.1. The summed E-state index contributed by atoms with van der Waals surface area (Å²) in [6.07, 6.45) is 1.12. The van der Waals surface area contributed by atoms with E-state index in [2.05, 4.69) is 0 Å². The smallest absolute Gasteiger partial charge is 0.252 e. The van der Waals surface area contributed by atoms with Crippen molar-refractivity contribution in [3.05, 3.63) is 29.3 Å². The van der Waals surface area contributed by atoms with Crippen LogP contribution in [0.3, 0.4) is 0 Å². The van der Waals surface area contributed by atoms with E-state index in [1.165, 1.54) is 12.1 Å². The van der Waals surface area contributed by atoms with E-state index in [1.807, 2.05) is 0 Å². The molecule has 0 aliphatic carbocycles. The van der Waals surface area contributed by atoms with Gasteiger partial charge < -0.3 is 11.1 Å². The summed E-state index contributed by atoms with van der Waals surface area (Å²) in [5.74, 6) is 0. The van der Waals surface area contributed by atoms with Crippen LogP contribution in [0.1, 0.15) is 15.9 Å². The maximum Gasteiger partial charge on any atom is 0.252 e. The standard InChI is InChI=1S/C8H7ClN2O/c9-8(12)5-1-2-6(4-10)7(11)3-5/h1-4,10H,11H2. The molecule has 0 fully saturated rings. The Bertz CT molecular complexity index is 336. The molecule has 0 aromatic heterocycles. The van der Waals surface area contributed by atoms with E-state index in [-0.39, 0.29) is 0 Å². The van der Waals surface area contributed by atoms with Crippen LogP contribution < -0.4 is 5.73 Å². The van der Waals surface area contributed by atoms with E-state index in [0.717, 1.165) is 6.21 Å².